The van der Waals surface area contributed by atoms with Crippen LogP contribution in [0, 0.1) is 18.3 Å². The van der Waals surface area contributed by atoms with Gasteiger partial charge in [-0.15, -0.1) is 0 Å². The van der Waals surface area contributed by atoms with Crippen LogP contribution < -0.4 is 10.2 Å². The van der Waals surface area contributed by atoms with E-state index in [0.29, 0.717) is 18.2 Å². The number of carboxylic acid groups (broad SMARTS) is 1. The van der Waals surface area contributed by atoms with E-state index in [1.54, 1.807) is 13.2 Å². The van der Waals surface area contributed by atoms with Crippen molar-refractivity contribution in [3.8, 4) is 6.07 Å². The first-order chi connectivity index (χ1) is 16.0. The first kappa shape index (κ1) is 24.6. The molecule has 0 amide bonds. The SMILES string of the molecule is CCN(c1ccc(C(COC)CC(=O)O)cc1Nc1ccc(C#N)cc1C)C1CCOCC1. The number of nitriles is 1. The third-order valence-corrected chi connectivity index (χ3v) is 6.19. The molecule has 2 N–H and O–H groups in total. The van der Waals surface area contributed by atoms with E-state index in [1.165, 1.54) is 0 Å². The van der Waals surface area contributed by atoms with Crippen LogP contribution in [0.3, 0.4) is 0 Å². The summed E-state index contributed by atoms with van der Waals surface area (Å²) in [4.78, 5) is 13.8. The molecule has 1 unspecified atom stereocenters. The van der Waals surface area contributed by atoms with Crippen molar-refractivity contribution < 1.29 is 19.4 Å². The van der Waals surface area contributed by atoms with Gasteiger partial charge in [-0.05, 0) is 68.1 Å². The molecule has 33 heavy (non-hydrogen) atoms. The maximum atomic E-state index is 11.4. The first-order valence-electron chi connectivity index (χ1n) is 11.4. The van der Waals surface area contributed by atoms with E-state index < -0.39 is 5.97 Å². The lowest BCUT2D eigenvalue weighted by Crippen LogP contribution is -2.39. The van der Waals surface area contributed by atoms with Gasteiger partial charge in [0.2, 0.25) is 0 Å². The second kappa shape index (κ2) is 11.7. The lowest BCUT2D eigenvalue weighted by molar-refractivity contribution is -0.137. The lowest BCUT2D eigenvalue weighted by Gasteiger charge is -2.37. The molecule has 0 spiro atoms. The monoisotopic (exact) mass is 451 g/mol. The Labute approximate surface area is 195 Å². The van der Waals surface area contributed by atoms with Crippen LogP contribution in [0.1, 0.15) is 48.8 Å². The van der Waals surface area contributed by atoms with Crippen molar-refractivity contribution in [3.63, 3.8) is 0 Å². The lowest BCUT2D eigenvalue weighted by atomic mass is 9.94. The summed E-state index contributed by atoms with van der Waals surface area (Å²) in [7, 11) is 1.59. The number of anilines is 3. The maximum Gasteiger partial charge on any atom is 0.304 e. The van der Waals surface area contributed by atoms with Crippen molar-refractivity contribution in [3.05, 3.63) is 53.1 Å². The van der Waals surface area contributed by atoms with Crippen LogP contribution in [-0.4, -0.2) is 50.6 Å². The second-order valence-electron chi connectivity index (χ2n) is 8.42. The molecule has 176 valence electrons. The third kappa shape index (κ3) is 6.25. The molecule has 7 heteroatoms. The summed E-state index contributed by atoms with van der Waals surface area (Å²) < 4.78 is 10.9. The summed E-state index contributed by atoms with van der Waals surface area (Å²) in [5.41, 5.74) is 5.41. The van der Waals surface area contributed by atoms with Crippen molar-refractivity contribution in [1.29, 1.82) is 5.26 Å². The Morgan fingerprint density at radius 2 is 2.03 bits per heavy atom. The fourth-order valence-electron chi connectivity index (χ4n) is 4.48. The summed E-state index contributed by atoms with van der Waals surface area (Å²) in [6.07, 6.45) is 1.94. The molecule has 0 radical (unpaired) electrons. The van der Waals surface area contributed by atoms with Crippen LogP contribution in [0.4, 0.5) is 17.1 Å². The standard InChI is InChI=1S/C26H33N3O4/c1-4-29(22-9-11-33-12-10-22)25-8-6-20(21(17-32-3)15-26(30)31)14-24(25)28-23-7-5-19(16-27)13-18(23)2/h5-8,13-14,21-22,28H,4,9-12,15,17H2,1-3H3,(H,30,31). The van der Waals surface area contributed by atoms with Gasteiger partial charge in [0.05, 0.1) is 36.0 Å². The minimum atomic E-state index is -0.851. The largest absolute Gasteiger partial charge is 0.481 e. The molecule has 1 heterocycles. The molecule has 7 nitrogen and oxygen atoms in total. The van der Waals surface area contributed by atoms with E-state index in [1.807, 2.05) is 31.2 Å². The number of methoxy groups -OCH3 is 1. The maximum absolute atomic E-state index is 11.4. The van der Waals surface area contributed by atoms with Crippen molar-refractivity contribution in [2.45, 2.75) is 45.1 Å². The predicted octanol–water partition coefficient (Wildman–Crippen LogP) is 4.82. The molecule has 2 aromatic carbocycles. The van der Waals surface area contributed by atoms with Crippen molar-refractivity contribution in [2.75, 3.05) is 43.7 Å². The number of carboxylic acids is 1. The van der Waals surface area contributed by atoms with Crippen LogP contribution >= 0.6 is 0 Å². The van der Waals surface area contributed by atoms with Gasteiger partial charge in [-0.25, -0.2) is 0 Å². The molecule has 0 saturated carbocycles. The van der Waals surface area contributed by atoms with E-state index in [0.717, 1.165) is 60.8 Å². The number of rotatable bonds is 10. The number of benzene rings is 2. The molecule has 0 bridgehead atoms. The van der Waals surface area contributed by atoms with Crippen LogP contribution in [0.15, 0.2) is 36.4 Å². The average Bonchev–Trinajstić information content (AvgIpc) is 2.82. The van der Waals surface area contributed by atoms with Crippen molar-refractivity contribution in [2.24, 2.45) is 0 Å². The normalized spacial score (nSPS) is 15.0. The molecule has 1 saturated heterocycles. The highest BCUT2D eigenvalue weighted by Gasteiger charge is 2.24. The Hall–Kier alpha value is -3.08. The van der Waals surface area contributed by atoms with Gasteiger partial charge in [-0.1, -0.05) is 6.07 Å². The van der Waals surface area contributed by atoms with Gasteiger partial charge in [-0.2, -0.15) is 5.26 Å². The highest BCUT2D eigenvalue weighted by molar-refractivity contribution is 5.78. The Kier molecular flexibility index (Phi) is 8.70. The highest BCUT2D eigenvalue weighted by Crippen LogP contribution is 2.36. The summed E-state index contributed by atoms with van der Waals surface area (Å²) >= 11 is 0. The van der Waals surface area contributed by atoms with Gasteiger partial charge in [0, 0.05) is 44.5 Å². The van der Waals surface area contributed by atoms with Gasteiger partial charge in [-0.3, -0.25) is 4.79 Å². The summed E-state index contributed by atoms with van der Waals surface area (Å²) in [5, 5.41) is 22.2. The molecule has 0 aromatic heterocycles. The van der Waals surface area contributed by atoms with Crippen LogP contribution in [-0.2, 0) is 14.3 Å². The fraction of sp³-hybridized carbons (Fsp3) is 0.462. The van der Waals surface area contributed by atoms with E-state index in [9.17, 15) is 15.2 Å². The molecule has 1 aliphatic rings. The van der Waals surface area contributed by atoms with Crippen molar-refractivity contribution >= 4 is 23.0 Å². The van der Waals surface area contributed by atoms with Crippen LogP contribution in [0.2, 0.25) is 0 Å². The van der Waals surface area contributed by atoms with E-state index in [2.05, 4.69) is 29.3 Å². The Morgan fingerprint density at radius 1 is 1.27 bits per heavy atom. The number of aliphatic carboxylic acids is 1. The highest BCUT2D eigenvalue weighted by atomic mass is 16.5. The fourth-order valence-corrected chi connectivity index (χ4v) is 4.48. The Morgan fingerprint density at radius 3 is 2.64 bits per heavy atom. The number of hydrogen-bond donors (Lipinski definition) is 2. The first-order valence-corrected chi connectivity index (χ1v) is 11.4. The summed E-state index contributed by atoms with van der Waals surface area (Å²) in [6, 6.07) is 14.3. The third-order valence-electron chi connectivity index (χ3n) is 6.19. The van der Waals surface area contributed by atoms with Gasteiger partial charge < -0.3 is 24.8 Å². The van der Waals surface area contributed by atoms with Gasteiger partial charge >= 0.3 is 5.97 Å². The Bertz CT molecular complexity index is 996. The summed E-state index contributed by atoms with van der Waals surface area (Å²) in [5.74, 6) is -1.10. The smallest absolute Gasteiger partial charge is 0.304 e. The minimum Gasteiger partial charge on any atom is -0.481 e. The van der Waals surface area contributed by atoms with E-state index >= 15 is 0 Å². The molecule has 3 rings (SSSR count). The molecule has 0 aliphatic carbocycles. The van der Waals surface area contributed by atoms with E-state index in [-0.39, 0.29) is 12.3 Å². The topological polar surface area (TPSA) is 94.8 Å². The zero-order valence-corrected chi connectivity index (χ0v) is 19.6. The van der Waals surface area contributed by atoms with Crippen LogP contribution in [0.25, 0.3) is 0 Å². The molecular weight excluding hydrogens is 418 g/mol. The number of carbonyl (C=O) groups is 1. The molecule has 1 fully saturated rings. The zero-order chi connectivity index (χ0) is 23.8. The second-order valence-corrected chi connectivity index (χ2v) is 8.42. The number of ether oxygens (including phenoxy) is 2. The summed E-state index contributed by atoms with van der Waals surface area (Å²) in [6.45, 7) is 6.82. The molecule has 1 atom stereocenters. The van der Waals surface area contributed by atoms with Crippen LogP contribution in [0.5, 0.6) is 0 Å². The van der Waals surface area contributed by atoms with Gasteiger partial charge in [0.1, 0.15) is 0 Å². The quantitative estimate of drug-likeness (QED) is 0.535. The average molecular weight is 452 g/mol. The predicted molar refractivity (Wildman–Crippen MR) is 129 cm³/mol. The van der Waals surface area contributed by atoms with Crippen molar-refractivity contribution in [1.82, 2.24) is 0 Å². The Balaban J connectivity index is 2.04. The molecule has 1 aliphatic heterocycles. The van der Waals surface area contributed by atoms with E-state index in [4.69, 9.17) is 9.47 Å². The number of hydrogen-bond acceptors (Lipinski definition) is 6. The molecular formula is C26H33N3O4. The number of nitrogens with one attached hydrogen (secondary N) is 1. The van der Waals surface area contributed by atoms with Gasteiger partial charge in [0.15, 0.2) is 0 Å². The zero-order valence-electron chi connectivity index (χ0n) is 19.6. The minimum absolute atomic E-state index is 0.0000231. The number of aryl methyl sites for hydroxylation is 1. The van der Waals surface area contributed by atoms with Gasteiger partial charge in [0.25, 0.3) is 0 Å². The molecule has 2 aromatic rings. The number of nitrogens with zero attached hydrogens (tertiary/aromatic N) is 2.